The predicted molar refractivity (Wildman–Crippen MR) is 142 cm³/mol. The number of unbranched alkanes of at least 4 members (excludes halogenated alkanes) is 1. The second-order valence-corrected chi connectivity index (χ2v) is 13.1. The van der Waals surface area contributed by atoms with Crippen LogP contribution in [0.5, 0.6) is 0 Å². The van der Waals surface area contributed by atoms with E-state index in [4.69, 9.17) is 14.2 Å². The van der Waals surface area contributed by atoms with Crippen molar-refractivity contribution < 1.29 is 23.8 Å². The van der Waals surface area contributed by atoms with Crippen LogP contribution in [0.25, 0.3) is 0 Å². The van der Waals surface area contributed by atoms with Crippen LogP contribution in [0.1, 0.15) is 98.3 Å². The minimum absolute atomic E-state index is 0.0530. The van der Waals surface area contributed by atoms with Gasteiger partial charge in [0.15, 0.2) is 0 Å². The first-order valence-electron chi connectivity index (χ1n) is 14.7. The first kappa shape index (κ1) is 27.1. The molecule has 2 amide bonds. The fourth-order valence-electron chi connectivity index (χ4n) is 7.90. The van der Waals surface area contributed by atoms with Crippen LogP contribution in [0.3, 0.4) is 0 Å². The summed E-state index contributed by atoms with van der Waals surface area (Å²) in [6.45, 7) is 10.1. The first-order chi connectivity index (χ1) is 17.6. The molecule has 208 valence electrons. The Morgan fingerprint density at radius 1 is 1.03 bits per heavy atom. The van der Waals surface area contributed by atoms with Crippen LogP contribution in [-0.2, 0) is 23.8 Å². The molecule has 0 aromatic carbocycles. The number of allylic oxidation sites excluding steroid dienone is 1. The highest BCUT2D eigenvalue weighted by molar-refractivity contribution is 5.87. The molecule has 37 heavy (non-hydrogen) atoms. The maximum absolute atomic E-state index is 13.8. The predicted octanol–water partition coefficient (Wildman–Crippen LogP) is 4.44. The van der Waals surface area contributed by atoms with E-state index in [9.17, 15) is 9.59 Å². The van der Waals surface area contributed by atoms with Gasteiger partial charge < -0.3 is 24.8 Å². The number of carbonyl (C=O) groups is 2. The minimum Gasteiger partial charge on any atom is -0.379 e. The third-order valence-electron chi connectivity index (χ3n) is 10.6. The van der Waals surface area contributed by atoms with Gasteiger partial charge in [-0.2, -0.15) is 0 Å². The molecule has 2 saturated heterocycles. The Morgan fingerprint density at radius 3 is 2.19 bits per heavy atom. The number of hydrogen-bond acceptors (Lipinski definition) is 5. The van der Waals surface area contributed by atoms with Crippen molar-refractivity contribution in [3.63, 3.8) is 0 Å². The zero-order valence-electron chi connectivity index (χ0n) is 23.6. The Bertz CT molecular complexity index is 898. The molecule has 7 nitrogen and oxygen atoms in total. The molecule has 7 heteroatoms. The monoisotopic (exact) mass is 516 g/mol. The van der Waals surface area contributed by atoms with Crippen molar-refractivity contribution in [1.29, 1.82) is 0 Å². The van der Waals surface area contributed by atoms with Gasteiger partial charge in [-0.1, -0.05) is 25.0 Å². The molecule has 4 saturated carbocycles. The summed E-state index contributed by atoms with van der Waals surface area (Å²) >= 11 is 0. The quantitative estimate of drug-likeness (QED) is 0.255. The zero-order chi connectivity index (χ0) is 26.5. The van der Waals surface area contributed by atoms with Gasteiger partial charge in [-0.15, -0.1) is 0 Å². The van der Waals surface area contributed by atoms with E-state index < -0.39 is 0 Å². The van der Waals surface area contributed by atoms with E-state index in [1.54, 1.807) is 7.11 Å². The lowest BCUT2D eigenvalue weighted by Gasteiger charge is -2.52. The molecule has 0 aromatic heterocycles. The summed E-state index contributed by atoms with van der Waals surface area (Å²) in [7, 11) is 1.76. The highest BCUT2D eigenvalue weighted by atomic mass is 16.6. The van der Waals surface area contributed by atoms with E-state index in [1.165, 1.54) is 5.57 Å². The number of fused-ring (bicyclic) bond motifs is 3. The van der Waals surface area contributed by atoms with Crippen molar-refractivity contribution in [2.24, 2.45) is 16.7 Å². The molecule has 4 aliphatic carbocycles. The third kappa shape index (κ3) is 4.78. The smallest absolute Gasteiger partial charge is 0.226 e. The molecule has 6 aliphatic rings. The third-order valence-corrected chi connectivity index (χ3v) is 10.6. The van der Waals surface area contributed by atoms with Gasteiger partial charge in [0.05, 0.1) is 30.5 Å². The normalized spacial score (nSPS) is 43.8. The van der Waals surface area contributed by atoms with Gasteiger partial charge in [-0.25, -0.2) is 0 Å². The molecule has 2 aliphatic heterocycles. The number of nitrogens with one attached hydrogen (secondary N) is 2. The molecule has 6 fully saturated rings. The fraction of sp³-hybridized carbons (Fsp3) is 0.867. The number of ether oxygens (including phenoxy) is 3. The topological polar surface area (TPSA) is 92.5 Å². The molecular weight excluding hydrogens is 468 g/mol. The van der Waals surface area contributed by atoms with Crippen molar-refractivity contribution in [3.05, 3.63) is 11.6 Å². The van der Waals surface area contributed by atoms with Crippen molar-refractivity contribution in [2.45, 2.75) is 128 Å². The van der Waals surface area contributed by atoms with E-state index in [0.717, 1.165) is 83.8 Å². The Kier molecular flexibility index (Phi) is 7.29. The van der Waals surface area contributed by atoms with Crippen LogP contribution in [0.15, 0.2) is 11.6 Å². The lowest BCUT2D eigenvalue weighted by Crippen LogP contribution is -2.62. The highest BCUT2D eigenvalue weighted by Gasteiger charge is 2.72. The first-order valence-corrected chi connectivity index (χ1v) is 14.7. The van der Waals surface area contributed by atoms with Crippen molar-refractivity contribution in [1.82, 2.24) is 10.6 Å². The van der Waals surface area contributed by atoms with Crippen LogP contribution in [0, 0.1) is 16.7 Å². The summed E-state index contributed by atoms with van der Waals surface area (Å²) in [4.78, 5) is 26.8. The summed E-state index contributed by atoms with van der Waals surface area (Å²) in [5.41, 5.74) is 0.194. The summed E-state index contributed by atoms with van der Waals surface area (Å²) in [6.07, 6.45) is 11.9. The Hall–Kier alpha value is -1.44. The lowest BCUT2D eigenvalue weighted by molar-refractivity contribution is -0.153. The summed E-state index contributed by atoms with van der Waals surface area (Å²) in [5.74, 6) is 0.460. The molecule has 0 aromatic rings. The van der Waals surface area contributed by atoms with Crippen molar-refractivity contribution in [3.8, 4) is 0 Å². The molecular formula is C30H48N2O5. The van der Waals surface area contributed by atoms with Crippen molar-refractivity contribution in [2.75, 3.05) is 20.3 Å². The molecule has 0 unspecified atom stereocenters. The van der Waals surface area contributed by atoms with E-state index in [0.29, 0.717) is 0 Å². The summed E-state index contributed by atoms with van der Waals surface area (Å²) in [5, 5.41) is 6.63. The van der Waals surface area contributed by atoms with Gasteiger partial charge >= 0.3 is 0 Å². The number of epoxide rings is 2. The van der Waals surface area contributed by atoms with Gasteiger partial charge in [0.1, 0.15) is 5.60 Å². The Balaban J connectivity index is 1.24. The van der Waals surface area contributed by atoms with Crippen LogP contribution < -0.4 is 10.6 Å². The van der Waals surface area contributed by atoms with E-state index in [2.05, 4.69) is 44.4 Å². The lowest BCUT2D eigenvalue weighted by atomic mass is 9.53. The van der Waals surface area contributed by atoms with Gasteiger partial charge in [0, 0.05) is 30.4 Å². The summed E-state index contributed by atoms with van der Waals surface area (Å²) in [6, 6.07) is -0.0530. The van der Waals surface area contributed by atoms with Crippen LogP contribution >= 0.6 is 0 Å². The maximum Gasteiger partial charge on any atom is 0.226 e. The van der Waals surface area contributed by atoms with E-state index in [1.807, 2.05) is 0 Å². The minimum atomic E-state index is -0.351. The largest absolute Gasteiger partial charge is 0.379 e. The number of amides is 2. The highest BCUT2D eigenvalue weighted by Crippen LogP contribution is 2.60. The average molecular weight is 517 g/mol. The van der Waals surface area contributed by atoms with Gasteiger partial charge in [-0.05, 0) is 85.0 Å². The summed E-state index contributed by atoms with van der Waals surface area (Å²) < 4.78 is 18.6. The average Bonchev–Trinajstić information content (AvgIpc) is 3.81. The van der Waals surface area contributed by atoms with E-state index in [-0.39, 0.29) is 58.0 Å². The molecule has 6 rings (SSSR count). The number of rotatable bonds is 10. The molecule has 0 radical (unpaired) electrons. The van der Waals surface area contributed by atoms with Crippen LogP contribution in [0.4, 0.5) is 0 Å². The Morgan fingerprint density at radius 2 is 1.65 bits per heavy atom. The second kappa shape index (κ2) is 9.95. The van der Waals surface area contributed by atoms with E-state index >= 15 is 0 Å². The molecule has 2 heterocycles. The number of hydrogen-bond donors (Lipinski definition) is 2. The van der Waals surface area contributed by atoms with Gasteiger partial charge in [-0.3, -0.25) is 9.59 Å². The van der Waals surface area contributed by atoms with Crippen molar-refractivity contribution >= 4 is 11.8 Å². The van der Waals surface area contributed by atoms with Gasteiger partial charge in [0.2, 0.25) is 11.8 Å². The molecule has 6 atom stereocenters. The zero-order valence-corrected chi connectivity index (χ0v) is 23.6. The van der Waals surface area contributed by atoms with Gasteiger partial charge in [0.25, 0.3) is 0 Å². The molecule has 2 N–H and O–H groups in total. The van der Waals surface area contributed by atoms with Crippen LogP contribution in [-0.4, -0.2) is 61.5 Å². The number of methoxy groups -OCH3 is 1. The molecule has 1 spiro atoms. The second-order valence-electron chi connectivity index (χ2n) is 13.1. The SMILES string of the molecule is CCCCNC(=O)C12CCC(C(=O)N[C@@H]3CC[C@]4(CO4)[C@@H]([C@@]4(C)O[C@@H]4CC=C(C)C)[C@@H]3OC)(CC1)CC2. The Labute approximate surface area is 222 Å². The van der Waals surface area contributed by atoms with Crippen LogP contribution in [0.2, 0.25) is 0 Å². The fourth-order valence-corrected chi connectivity index (χ4v) is 7.90. The molecule has 2 bridgehead atoms. The maximum atomic E-state index is 13.8. The number of carbonyl (C=O) groups excluding carboxylic acids is 2. The standard InChI is InChI=1S/C30H48N2O5/c1-6-7-18-31-25(33)28-12-15-29(16-13-28,17-14-28)26(34)32-21-10-11-30(19-36-30)24(23(21)35-5)27(4)22(37-27)9-8-20(2)3/h8,21-24H,6-7,9-19H2,1-5H3,(H,31,33)(H,32,34)/t21-,22-,23-,24-,27+,28?,29?,30+/m1/s1.